The lowest BCUT2D eigenvalue weighted by Crippen LogP contribution is -2.26. The monoisotopic (exact) mass is 413 g/mol. The second-order valence-electron chi connectivity index (χ2n) is 6.02. The minimum Gasteiger partial charge on any atom is -0.388 e. The van der Waals surface area contributed by atoms with Gasteiger partial charge in [0.2, 0.25) is 0 Å². The minimum atomic E-state index is -3.43. The van der Waals surface area contributed by atoms with E-state index in [0.717, 1.165) is 0 Å². The molecule has 12 heteroatoms. The van der Waals surface area contributed by atoms with Gasteiger partial charge in [0, 0.05) is 0 Å². The number of aromatic nitrogens is 4. The normalized spacial score (nSPS) is 25.4. The Morgan fingerprint density at radius 3 is 2.71 bits per heavy atom. The topological polar surface area (TPSA) is 144 Å². The third kappa shape index (κ3) is 3.95. The smallest absolute Gasteiger partial charge is 0.356 e. The summed E-state index contributed by atoms with van der Waals surface area (Å²) in [4.78, 5) is 12.2. The van der Waals surface area contributed by atoms with Crippen LogP contribution in [0.15, 0.2) is 25.3 Å². The molecule has 1 fully saturated rings. The number of anilines is 1. The quantitative estimate of drug-likeness (QED) is 0.460. The number of ether oxygens (including phenoxy) is 2. The van der Waals surface area contributed by atoms with Crippen molar-refractivity contribution in [3.05, 3.63) is 25.3 Å². The van der Waals surface area contributed by atoms with Gasteiger partial charge in [-0.05, 0) is 13.8 Å². The lowest BCUT2D eigenvalue weighted by atomic mass is 10.0. The lowest BCUT2D eigenvalue weighted by Gasteiger charge is -2.21. The molecular weight excluding hydrogens is 389 g/mol. The predicted molar refractivity (Wildman–Crippen MR) is 100 cm³/mol. The van der Waals surface area contributed by atoms with Gasteiger partial charge in [-0.2, -0.15) is 0 Å². The Bertz CT molecular complexity index is 866. The van der Waals surface area contributed by atoms with Crippen molar-refractivity contribution in [3.63, 3.8) is 0 Å². The van der Waals surface area contributed by atoms with Gasteiger partial charge in [0.25, 0.3) is 0 Å². The van der Waals surface area contributed by atoms with Crippen molar-refractivity contribution in [2.45, 2.75) is 32.5 Å². The molecule has 2 aromatic heterocycles. The Hall–Kier alpha value is -1.88. The van der Waals surface area contributed by atoms with E-state index in [1.807, 2.05) is 0 Å². The van der Waals surface area contributed by atoms with Gasteiger partial charge >= 0.3 is 7.60 Å². The van der Waals surface area contributed by atoms with E-state index in [0.29, 0.717) is 11.2 Å². The van der Waals surface area contributed by atoms with E-state index >= 15 is 0 Å². The van der Waals surface area contributed by atoms with Crippen LogP contribution >= 0.6 is 7.60 Å². The highest BCUT2D eigenvalue weighted by Gasteiger charge is 2.45. The standard InChI is InChI=1S/C16H24N5O6P/c1-4-10-12(22)15(21-8-20-11-13(17)18-7-19-14(11)21)27-16(10)24-9-28(23,25-5-2)26-6-3/h4,7-8,10,12,15-16,22H,1,5-6,9H2,2-3H3,(H2,17,18,19). The molecule has 0 saturated carbocycles. The average Bonchev–Trinajstić information content (AvgIpc) is 3.22. The van der Waals surface area contributed by atoms with Crippen molar-refractivity contribution in [2.75, 3.05) is 25.3 Å². The number of fused-ring (bicyclic) bond motifs is 1. The van der Waals surface area contributed by atoms with Crippen LogP contribution < -0.4 is 5.73 Å². The fraction of sp³-hybridized carbons (Fsp3) is 0.562. The molecule has 0 spiro atoms. The average molecular weight is 413 g/mol. The summed E-state index contributed by atoms with van der Waals surface area (Å²) in [7, 11) is -3.43. The minimum absolute atomic E-state index is 0.213. The fourth-order valence-corrected chi connectivity index (χ4v) is 4.36. The van der Waals surface area contributed by atoms with Gasteiger partial charge < -0.3 is 29.4 Å². The van der Waals surface area contributed by atoms with Crippen LogP contribution in [-0.2, 0) is 23.1 Å². The Kier molecular flexibility index (Phi) is 6.43. The van der Waals surface area contributed by atoms with E-state index in [1.165, 1.54) is 18.7 Å². The molecule has 0 bridgehead atoms. The van der Waals surface area contributed by atoms with Gasteiger partial charge in [-0.15, -0.1) is 6.58 Å². The molecule has 3 rings (SSSR count). The Morgan fingerprint density at radius 2 is 2.07 bits per heavy atom. The van der Waals surface area contributed by atoms with Crippen molar-refractivity contribution in [3.8, 4) is 0 Å². The number of aliphatic hydroxyl groups is 1. The number of nitrogen functional groups attached to an aromatic ring is 1. The largest absolute Gasteiger partial charge is 0.388 e. The highest BCUT2D eigenvalue weighted by Crippen LogP contribution is 2.49. The molecule has 0 amide bonds. The van der Waals surface area contributed by atoms with Crippen molar-refractivity contribution in [1.82, 2.24) is 19.5 Å². The summed E-state index contributed by atoms with van der Waals surface area (Å²) in [6.07, 6.45) is 1.19. The summed E-state index contributed by atoms with van der Waals surface area (Å²) in [6, 6.07) is 0. The van der Waals surface area contributed by atoms with E-state index in [2.05, 4.69) is 21.5 Å². The second-order valence-corrected chi connectivity index (χ2v) is 8.02. The van der Waals surface area contributed by atoms with Gasteiger partial charge in [0.05, 0.1) is 25.5 Å². The molecule has 11 nitrogen and oxygen atoms in total. The maximum absolute atomic E-state index is 12.6. The van der Waals surface area contributed by atoms with Gasteiger partial charge in [-0.3, -0.25) is 9.13 Å². The molecule has 0 radical (unpaired) electrons. The Morgan fingerprint density at radius 1 is 1.36 bits per heavy atom. The van der Waals surface area contributed by atoms with E-state index in [1.54, 1.807) is 18.4 Å². The van der Waals surface area contributed by atoms with Gasteiger partial charge in [-0.25, -0.2) is 15.0 Å². The summed E-state index contributed by atoms with van der Waals surface area (Å²) in [5.41, 5.74) is 6.62. The zero-order chi connectivity index (χ0) is 20.3. The van der Waals surface area contributed by atoms with Crippen LogP contribution in [0.1, 0.15) is 20.1 Å². The summed E-state index contributed by atoms with van der Waals surface area (Å²) in [6.45, 7) is 7.58. The van der Waals surface area contributed by atoms with Crippen molar-refractivity contribution >= 4 is 24.6 Å². The maximum atomic E-state index is 12.6. The molecule has 4 unspecified atom stereocenters. The first-order valence-electron chi connectivity index (χ1n) is 8.83. The molecule has 1 aliphatic heterocycles. The van der Waals surface area contributed by atoms with Crippen molar-refractivity contribution in [1.29, 1.82) is 0 Å². The Balaban J connectivity index is 1.80. The zero-order valence-electron chi connectivity index (χ0n) is 15.7. The molecular formula is C16H24N5O6P. The van der Waals surface area contributed by atoms with Crippen LogP contribution in [0, 0.1) is 5.92 Å². The summed E-state index contributed by atoms with van der Waals surface area (Å²) in [5.74, 6) is -0.364. The van der Waals surface area contributed by atoms with Crippen molar-refractivity contribution in [2.24, 2.45) is 5.92 Å². The first kappa shape index (κ1) is 20.8. The van der Waals surface area contributed by atoms with E-state index in [-0.39, 0.29) is 25.4 Å². The fourth-order valence-electron chi connectivity index (χ4n) is 3.02. The first-order chi connectivity index (χ1) is 13.4. The predicted octanol–water partition coefficient (Wildman–Crippen LogP) is 1.67. The van der Waals surface area contributed by atoms with Crippen LogP contribution in [-0.4, -0.2) is 56.6 Å². The molecule has 154 valence electrons. The number of imidazole rings is 1. The van der Waals surface area contributed by atoms with Crippen molar-refractivity contribution < 1.29 is 28.2 Å². The first-order valence-corrected chi connectivity index (χ1v) is 10.6. The van der Waals surface area contributed by atoms with Crippen LogP contribution in [0.25, 0.3) is 11.2 Å². The van der Waals surface area contributed by atoms with Crippen LogP contribution in [0.5, 0.6) is 0 Å². The molecule has 28 heavy (non-hydrogen) atoms. The zero-order valence-corrected chi connectivity index (χ0v) is 16.6. The van der Waals surface area contributed by atoms with Gasteiger partial charge in [0.1, 0.15) is 17.9 Å². The highest BCUT2D eigenvalue weighted by molar-refractivity contribution is 7.53. The third-order valence-corrected chi connectivity index (χ3v) is 6.02. The molecule has 4 atom stereocenters. The summed E-state index contributed by atoms with van der Waals surface area (Å²) < 4.78 is 36.1. The molecule has 0 aromatic carbocycles. The Labute approximate surface area is 162 Å². The number of hydrogen-bond acceptors (Lipinski definition) is 10. The molecule has 0 aliphatic carbocycles. The number of hydrogen-bond donors (Lipinski definition) is 2. The van der Waals surface area contributed by atoms with Gasteiger partial charge in [0.15, 0.2) is 30.3 Å². The summed E-state index contributed by atoms with van der Waals surface area (Å²) >= 11 is 0. The van der Waals surface area contributed by atoms with E-state index in [4.69, 9.17) is 24.3 Å². The molecule has 2 aromatic rings. The number of nitrogens with zero attached hydrogens (tertiary/aromatic N) is 4. The van der Waals surface area contributed by atoms with E-state index in [9.17, 15) is 9.67 Å². The third-order valence-electron chi connectivity index (χ3n) is 4.26. The SMILES string of the molecule is C=CC1C(OCP(=O)(OCC)OCC)OC(n2cnc3c(N)ncnc32)C1O. The highest BCUT2D eigenvalue weighted by atomic mass is 31.2. The molecule has 3 heterocycles. The summed E-state index contributed by atoms with van der Waals surface area (Å²) in [5, 5.41) is 10.7. The number of rotatable bonds is 9. The molecule has 1 saturated heterocycles. The van der Waals surface area contributed by atoms with Crippen LogP contribution in [0.2, 0.25) is 0 Å². The number of aliphatic hydroxyl groups excluding tert-OH is 1. The van der Waals surface area contributed by atoms with Crippen LogP contribution in [0.3, 0.4) is 0 Å². The molecule has 3 N–H and O–H groups in total. The van der Waals surface area contributed by atoms with Crippen LogP contribution in [0.4, 0.5) is 5.82 Å². The molecule has 1 aliphatic rings. The van der Waals surface area contributed by atoms with E-state index < -0.39 is 32.1 Å². The van der Waals surface area contributed by atoms with Gasteiger partial charge in [-0.1, -0.05) is 6.08 Å². The lowest BCUT2D eigenvalue weighted by molar-refractivity contribution is -0.152. The second kappa shape index (κ2) is 8.64. The maximum Gasteiger partial charge on any atom is 0.356 e. The number of nitrogens with two attached hydrogens (primary N) is 1.